The van der Waals surface area contributed by atoms with Crippen LogP contribution in [0.3, 0.4) is 0 Å². The highest BCUT2D eigenvalue weighted by Gasteiger charge is 2.18. The standard InChI is InChI=1S/C9H10BrNO2S/c1-5(2)11-9(13)8(12)6-3-4-7(10)14-6/h3-5H,1-2H3,(H,11,13). The van der Waals surface area contributed by atoms with Gasteiger partial charge in [-0.15, -0.1) is 11.3 Å². The van der Waals surface area contributed by atoms with E-state index in [9.17, 15) is 9.59 Å². The van der Waals surface area contributed by atoms with Gasteiger partial charge in [0.15, 0.2) is 0 Å². The van der Waals surface area contributed by atoms with Crippen molar-refractivity contribution in [3.8, 4) is 0 Å². The number of carbonyl (C=O) groups is 2. The van der Waals surface area contributed by atoms with Crippen LogP contribution in [0.15, 0.2) is 15.9 Å². The molecular weight excluding hydrogens is 266 g/mol. The molecule has 0 aliphatic heterocycles. The first-order valence-corrected chi connectivity index (χ1v) is 5.72. The van der Waals surface area contributed by atoms with Gasteiger partial charge in [-0.1, -0.05) is 0 Å². The van der Waals surface area contributed by atoms with E-state index in [1.54, 1.807) is 12.1 Å². The SMILES string of the molecule is CC(C)NC(=O)C(=O)c1ccc(Br)s1. The Balaban J connectivity index is 2.71. The molecule has 14 heavy (non-hydrogen) atoms. The van der Waals surface area contributed by atoms with Crippen LogP contribution in [0.5, 0.6) is 0 Å². The average molecular weight is 276 g/mol. The first kappa shape index (κ1) is 11.4. The third kappa shape index (κ3) is 2.92. The largest absolute Gasteiger partial charge is 0.347 e. The van der Waals surface area contributed by atoms with Gasteiger partial charge in [-0.2, -0.15) is 0 Å². The number of rotatable bonds is 3. The molecule has 0 bridgehead atoms. The van der Waals surface area contributed by atoms with Crippen LogP contribution >= 0.6 is 27.3 Å². The maximum atomic E-state index is 11.5. The van der Waals surface area contributed by atoms with Crippen LogP contribution in [0.25, 0.3) is 0 Å². The molecule has 76 valence electrons. The molecule has 0 fully saturated rings. The monoisotopic (exact) mass is 275 g/mol. The lowest BCUT2D eigenvalue weighted by Gasteiger charge is -2.05. The van der Waals surface area contributed by atoms with Gasteiger partial charge in [-0.25, -0.2) is 0 Å². The van der Waals surface area contributed by atoms with Gasteiger partial charge in [0.25, 0.3) is 11.7 Å². The lowest BCUT2D eigenvalue weighted by molar-refractivity contribution is -0.117. The molecule has 0 aliphatic carbocycles. The fourth-order valence-corrected chi connectivity index (χ4v) is 2.20. The van der Waals surface area contributed by atoms with E-state index in [0.29, 0.717) is 4.88 Å². The van der Waals surface area contributed by atoms with Crippen molar-refractivity contribution in [2.24, 2.45) is 0 Å². The molecule has 0 radical (unpaired) electrons. The van der Waals surface area contributed by atoms with E-state index in [4.69, 9.17) is 0 Å². The Kier molecular flexibility index (Phi) is 3.83. The van der Waals surface area contributed by atoms with Crippen LogP contribution in [0, 0.1) is 0 Å². The van der Waals surface area contributed by atoms with Crippen LogP contribution < -0.4 is 5.32 Å². The minimum atomic E-state index is -0.547. The highest BCUT2D eigenvalue weighted by atomic mass is 79.9. The van der Waals surface area contributed by atoms with Gasteiger partial charge in [0, 0.05) is 6.04 Å². The van der Waals surface area contributed by atoms with E-state index in [1.165, 1.54) is 11.3 Å². The van der Waals surface area contributed by atoms with E-state index in [1.807, 2.05) is 13.8 Å². The van der Waals surface area contributed by atoms with Crippen molar-refractivity contribution in [1.29, 1.82) is 0 Å². The third-order valence-corrected chi connectivity index (χ3v) is 3.05. The number of ketones is 1. The van der Waals surface area contributed by atoms with Crippen LogP contribution in [0.4, 0.5) is 0 Å². The zero-order chi connectivity index (χ0) is 10.7. The Hall–Kier alpha value is -0.680. The lowest BCUT2D eigenvalue weighted by atomic mass is 10.3. The fourth-order valence-electron chi connectivity index (χ4n) is 0.876. The maximum absolute atomic E-state index is 11.5. The van der Waals surface area contributed by atoms with Crippen LogP contribution in [0.2, 0.25) is 0 Å². The average Bonchev–Trinajstić information content (AvgIpc) is 2.49. The van der Waals surface area contributed by atoms with Crippen molar-refractivity contribution in [2.45, 2.75) is 19.9 Å². The van der Waals surface area contributed by atoms with Crippen molar-refractivity contribution >= 4 is 39.0 Å². The number of hydrogen-bond acceptors (Lipinski definition) is 3. The van der Waals surface area contributed by atoms with Gasteiger partial charge >= 0.3 is 0 Å². The van der Waals surface area contributed by atoms with Crippen molar-refractivity contribution in [3.05, 3.63) is 20.8 Å². The number of carbonyl (C=O) groups excluding carboxylic acids is 2. The highest BCUT2D eigenvalue weighted by Crippen LogP contribution is 2.22. The summed E-state index contributed by atoms with van der Waals surface area (Å²) in [6, 6.07) is 3.37. The van der Waals surface area contributed by atoms with Gasteiger partial charge in [-0.3, -0.25) is 9.59 Å². The number of Topliss-reactive ketones (excluding diaryl/α,β-unsaturated/α-hetero) is 1. The van der Waals surface area contributed by atoms with E-state index >= 15 is 0 Å². The zero-order valence-corrected chi connectivity index (χ0v) is 10.2. The summed E-state index contributed by atoms with van der Waals surface area (Å²) in [6.45, 7) is 3.63. The number of nitrogens with one attached hydrogen (secondary N) is 1. The predicted molar refractivity (Wildman–Crippen MR) is 59.6 cm³/mol. The van der Waals surface area contributed by atoms with Crippen LogP contribution in [0.1, 0.15) is 23.5 Å². The van der Waals surface area contributed by atoms with E-state index < -0.39 is 11.7 Å². The molecule has 1 heterocycles. The minimum absolute atomic E-state index is 0.0187. The quantitative estimate of drug-likeness (QED) is 0.679. The molecule has 1 aromatic heterocycles. The van der Waals surface area contributed by atoms with Crippen LogP contribution in [-0.4, -0.2) is 17.7 Å². The summed E-state index contributed by atoms with van der Waals surface area (Å²) in [6.07, 6.45) is 0. The molecule has 3 nitrogen and oxygen atoms in total. The first-order chi connectivity index (χ1) is 6.50. The molecule has 0 atom stereocenters. The molecule has 5 heteroatoms. The third-order valence-electron chi connectivity index (χ3n) is 1.42. The molecule has 0 saturated heterocycles. The number of hydrogen-bond donors (Lipinski definition) is 1. The molecule has 0 saturated carbocycles. The molecule has 0 spiro atoms. The van der Waals surface area contributed by atoms with E-state index in [2.05, 4.69) is 21.2 Å². The number of thiophene rings is 1. The Labute approximate surface area is 94.6 Å². The summed E-state index contributed by atoms with van der Waals surface area (Å²) in [5, 5.41) is 2.55. The van der Waals surface area contributed by atoms with Crippen molar-refractivity contribution in [3.63, 3.8) is 0 Å². The van der Waals surface area contributed by atoms with Crippen molar-refractivity contribution < 1.29 is 9.59 Å². The number of halogens is 1. The van der Waals surface area contributed by atoms with Crippen molar-refractivity contribution in [2.75, 3.05) is 0 Å². The Morgan fingerprint density at radius 2 is 2.07 bits per heavy atom. The molecule has 1 N–H and O–H groups in total. The summed E-state index contributed by atoms with van der Waals surface area (Å²) in [5.41, 5.74) is 0. The van der Waals surface area contributed by atoms with Gasteiger partial charge < -0.3 is 5.32 Å². The summed E-state index contributed by atoms with van der Waals surface area (Å²) in [4.78, 5) is 23.2. The van der Waals surface area contributed by atoms with Gasteiger partial charge in [-0.05, 0) is 41.9 Å². The normalized spacial score (nSPS) is 10.3. The van der Waals surface area contributed by atoms with Gasteiger partial charge in [0.1, 0.15) is 0 Å². The van der Waals surface area contributed by atoms with Gasteiger partial charge in [0.2, 0.25) is 0 Å². The smallest absolute Gasteiger partial charge is 0.293 e. The van der Waals surface area contributed by atoms with E-state index in [-0.39, 0.29) is 6.04 Å². The maximum Gasteiger partial charge on any atom is 0.293 e. The summed E-state index contributed by atoms with van der Waals surface area (Å²) >= 11 is 4.49. The second kappa shape index (κ2) is 4.70. The molecule has 0 aliphatic rings. The molecule has 0 unspecified atom stereocenters. The molecular formula is C9H10BrNO2S. The second-order valence-corrected chi connectivity index (χ2v) is 5.52. The topological polar surface area (TPSA) is 46.2 Å². The summed E-state index contributed by atoms with van der Waals surface area (Å²) < 4.78 is 0.846. The minimum Gasteiger partial charge on any atom is -0.347 e. The summed E-state index contributed by atoms with van der Waals surface area (Å²) in [5.74, 6) is -1.02. The Morgan fingerprint density at radius 1 is 1.43 bits per heavy atom. The van der Waals surface area contributed by atoms with Gasteiger partial charge in [0.05, 0.1) is 8.66 Å². The predicted octanol–water partition coefficient (Wildman–Crippen LogP) is 2.22. The number of amides is 1. The lowest BCUT2D eigenvalue weighted by Crippen LogP contribution is -2.35. The van der Waals surface area contributed by atoms with Crippen molar-refractivity contribution in [1.82, 2.24) is 5.32 Å². The molecule has 0 aromatic carbocycles. The fraction of sp³-hybridized carbons (Fsp3) is 0.333. The first-order valence-electron chi connectivity index (χ1n) is 4.11. The second-order valence-electron chi connectivity index (χ2n) is 3.06. The van der Waals surface area contributed by atoms with Crippen LogP contribution in [-0.2, 0) is 4.79 Å². The zero-order valence-electron chi connectivity index (χ0n) is 7.83. The highest BCUT2D eigenvalue weighted by molar-refractivity contribution is 9.11. The van der Waals surface area contributed by atoms with E-state index in [0.717, 1.165) is 3.79 Å². The Bertz CT molecular complexity index is 359. The summed E-state index contributed by atoms with van der Waals surface area (Å²) in [7, 11) is 0. The molecule has 1 aromatic rings. The Morgan fingerprint density at radius 3 is 2.50 bits per heavy atom. The molecule has 1 amide bonds. The molecule has 1 rings (SSSR count).